The van der Waals surface area contributed by atoms with Crippen LogP contribution >= 0.6 is 23.2 Å². The van der Waals surface area contributed by atoms with Crippen LogP contribution in [0.2, 0.25) is 10.0 Å². The maximum atomic E-state index is 13.6. The molecule has 0 unspecified atom stereocenters. The van der Waals surface area contributed by atoms with E-state index in [-0.39, 0.29) is 11.3 Å². The highest BCUT2D eigenvalue weighted by molar-refractivity contribution is 6.40. The topological polar surface area (TPSA) is 41.1 Å². The minimum Gasteiger partial charge on any atom is -0.385 e. The van der Waals surface area contributed by atoms with Gasteiger partial charge >= 0.3 is 0 Å². The summed E-state index contributed by atoms with van der Waals surface area (Å²) < 4.78 is 13.6. The molecule has 20 heavy (non-hydrogen) atoms. The van der Waals surface area contributed by atoms with E-state index in [1.54, 1.807) is 18.2 Å². The molecule has 6 heteroatoms. The molecule has 0 spiro atoms. The fraction of sp³-hybridized carbons (Fsp3) is 0.0714. The lowest BCUT2D eigenvalue weighted by Crippen LogP contribution is -2.15. The lowest BCUT2D eigenvalue weighted by molar-refractivity contribution is 0.102. The Bertz CT molecular complexity index is 641. The van der Waals surface area contributed by atoms with E-state index in [2.05, 4.69) is 10.6 Å². The molecule has 3 nitrogen and oxygen atoms in total. The van der Waals surface area contributed by atoms with E-state index in [0.717, 1.165) is 0 Å². The Labute approximate surface area is 125 Å². The highest BCUT2D eigenvalue weighted by atomic mass is 35.5. The van der Waals surface area contributed by atoms with Gasteiger partial charge in [0, 0.05) is 7.05 Å². The Morgan fingerprint density at radius 1 is 1.05 bits per heavy atom. The maximum Gasteiger partial charge on any atom is 0.257 e. The largest absolute Gasteiger partial charge is 0.385 e. The summed E-state index contributed by atoms with van der Waals surface area (Å²) in [4.78, 5) is 12.2. The van der Waals surface area contributed by atoms with Crippen molar-refractivity contribution in [2.24, 2.45) is 0 Å². The highest BCUT2D eigenvalue weighted by Crippen LogP contribution is 2.31. The molecule has 0 bridgehead atoms. The van der Waals surface area contributed by atoms with Crippen molar-refractivity contribution in [2.75, 3.05) is 17.7 Å². The van der Waals surface area contributed by atoms with Gasteiger partial charge in [-0.15, -0.1) is 0 Å². The van der Waals surface area contributed by atoms with E-state index in [9.17, 15) is 9.18 Å². The van der Waals surface area contributed by atoms with Gasteiger partial charge in [0.1, 0.15) is 5.82 Å². The van der Waals surface area contributed by atoms with Gasteiger partial charge in [0.2, 0.25) is 0 Å². The predicted molar refractivity (Wildman–Crippen MR) is 80.4 cm³/mol. The van der Waals surface area contributed by atoms with Crippen LogP contribution in [-0.2, 0) is 0 Å². The van der Waals surface area contributed by atoms with Crippen LogP contribution in [0, 0.1) is 5.82 Å². The monoisotopic (exact) mass is 312 g/mol. The molecule has 0 saturated heterocycles. The van der Waals surface area contributed by atoms with Crippen LogP contribution in [0.15, 0.2) is 36.4 Å². The van der Waals surface area contributed by atoms with Gasteiger partial charge in [0.05, 0.1) is 27.0 Å². The number of halogens is 3. The molecule has 2 aromatic carbocycles. The summed E-state index contributed by atoms with van der Waals surface area (Å²) in [5.41, 5.74) is 0.587. The normalized spacial score (nSPS) is 10.2. The van der Waals surface area contributed by atoms with Gasteiger partial charge in [-0.05, 0) is 24.3 Å². The van der Waals surface area contributed by atoms with E-state index in [1.807, 2.05) is 0 Å². The number of hydrogen-bond donors (Lipinski definition) is 2. The number of nitrogens with one attached hydrogen (secondary N) is 2. The zero-order chi connectivity index (χ0) is 14.7. The SMILES string of the molecule is CNc1c(F)cccc1C(=O)Nc1c(Cl)cccc1Cl. The van der Waals surface area contributed by atoms with Crippen LogP contribution in [0.4, 0.5) is 15.8 Å². The first-order valence-corrected chi connectivity index (χ1v) is 6.52. The molecule has 2 rings (SSSR count). The minimum atomic E-state index is -0.509. The molecule has 0 aromatic heterocycles. The van der Waals surface area contributed by atoms with Crippen LogP contribution in [0.25, 0.3) is 0 Å². The third-order valence-corrected chi connectivity index (χ3v) is 3.34. The third kappa shape index (κ3) is 2.86. The summed E-state index contributed by atoms with van der Waals surface area (Å²) in [7, 11) is 1.54. The highest BCUT2D eigenvalue weighted by Gasteiger charge is 2.16. The summed E-state index contributed by atoms with van der Waals surface area (Å²) in [6.07, 6.45) is 0. The zero-order valence-electron chi connectivity index (χ0n) is 10.5. The fourth-order valence-corrected chi connectivity index (χ4v) is 2.26. The van der Waals surface area contributed by atoms with Gasteiger partial charge in [0.25, 0.3) is 5.91 Å². The summed E-state index contributed by atoms with van der Waals surface area (Å²) in [6.45, 7) is 0. The molecule has 0 radical (unpaired) electrons. The lowest BCUT2D eigenvalue weighted by atomic mass is 10.1. The third-order valence-electron chi connectivity index (χ3n) is 2.71. The van der Waals surface area contributed by atoms with Gasteiger partial charge < -0.3 is 10.6 Å². The fourth-order valence-electron chi connectivity index (χ4n) is 1.77. The standard InChI is InChI=1S/C14H11Cl2FN2O/c1-18-12-8(4-2-7-11(12)17)14(20)19-13-9(15)5-3-6-10(13)16/h2-7,18H,1H3,(H,19,20). The second-order valence-electron chi connectivity index (χ2n) is 3.96. The van der Waals surface area contributed by atoms with Crippen LogP contribution < -0.4 is 10.6 Å². The Morgan fingerprint density at radius 2 is 1.65 bits per heavy atom. The van der Waals surface area contributed by atoms with E-state index >= 15 is 0 Å². The molecule has 0 heterocycles. The number of rotatable bonds is 3. The summed E-state index contributed by atoms with van der Waals surface area (Å²) in [5, 5.41) is 5.87. The average Bonchev–Trinajstić information content (AvgIpc) is 2.42. The number of amides is 1. The van der Waals surface area contributed by atoms with Crippen molar-refractivity contribution in [1.29, 1.82) is 0 Å². The molecule has 2 aromatic rings. The molecule has 0 aliphatic rings. The van der Waals surface area contributed by atoms with Crippen molar-refractivity contribution in [1.82, 2.24) is 0 Å². The summed E-state index contributed by atoms with van der Waals surface area (Å²) in [6, 6.07) is 9.11. The summed E-state index contributed by atoms with van der Waals surface area (Å²) >= 11 is 12.0. The van der Waals surface area contributed by atoms with Crippen LogP contribution in [0.1, 0.15) is 10.4 Å². The number of benzene rings is 2. The van der Waals surface area contributed by atoms with Crippen molar-refractivity contribution >= 4 is 40.5 Å². The Kier molecular flexibility index (Phi) is 4.47. The van der Waals surface area contributed by atoms with Crippen LogP contribution in [0.3, 0.4) is 0 Å². The van der Waals surface area contributed by atoms with E-state index in [4.69, 9.17) is 23.2 Å². The number of carbonyl (C=O) groups is 1. The smallest absolute Gasteiger partial charge is 0.257 e. The van der Waals surface area contributed by atoms with Crippen molar-refractivity contribution in [2.45, 2.75) is 0 Å². The molecule has 0 fully saturated rings. The Balaban J connectivity index is 2.36. The number of carbonyl (C=O) groups excluding carboxylic acids is 1. The molecular weight excluding hydrogens is 302 g/mol. The minimum absolute atomic E-state index is 0.119. The Hall–Kier alpha value is -1.78. The van der Waals surface area contributed by atoms with Gasteiger partial charge in [-0.25, -0.2) is 4.39 Å². The van der Waals surface area contributed by atoms with Crippen molar-refractivity contribution in [3.8, 4) is 0 Å². The molecular formula is C14H11Cl2FN2O. The number of hydrogen-bond acceptors (Lipinski definition) is 2. The van der Waals surface area contributed by atoms with Crippen molar-refractivity contribution in [3.05, 3.63) is 57.8 Å². The summed E-state index contributed by atoms with van der Waals surface area (Å²) in [5.74, 6) is -1.01. The Morgan fingerprint density at radius 3 is 2.25 bits per heavy atom. The van der Waals surface area contributed by atoms with Crippen LogP contribution in [-0.4, -0.2) is 13.0 Å². The zero-order valence-corrected chi connectivity index (χ0v) is 12.0. The van der Waals surface area contributed by atoms with Gasteiger partial charge in [-0.3, -0.25) is 4.79 Å². The lowest BCUT2D eigenvalue weighted by Gasteiger charge is -2.12. The number of anilines is 2. The molecule has 0 atom stereocenters. The molecule has 1 amide bonds. The average molecular weight is 313 g/mol. The second-order valence-corrected chi connectivity index (χ2v) is 4.78. The van der Waals surface area contributed by atoms with Gasteiger partial charge in [-0.2, -0.15) is 0 Å². The predicted octanol–water partition coefficient (Wildman–Crippen LogP) is 4.43. The first-order chi connectivity index (χ1) is 9.54. The maximum absolute atomic E-state index is 13.6. The molecule has 0 saturated carbocycles. The molecule has 2 N–H and O–H groups in total. The first kappa shape index (κ1) is 14.6. The molecule has 0 aliphatic carbocycles. The molecule has 104 valence electrons. The van der Waals surface area contributed by atoms with E-state index in [0.29, 0.717) is 15.7 Å². The quantitative estimate of drug-likeness (QED) is 0.880. The van der Waals surface area contributed by atoms with Crippen molar-refractivity contribution < 1.29 is 9.18 Å². The van der Waals surface area contributed by atoms with Gasteiger partial charge in [-0.1, -0.05) is 35.3 Å². The van der Waals surface area contributed by atoms with E-state index < -0.39 is 11.7 Å². The molecule has 0 aliphatic heterocycles. The second kappa shape index (κ2) is 6.11. The van der Waals surface area contributed by atoms with E-state index in [1.165, 1.54) is 25.2 Å². The van der Waals surface area contributed by atoms with Gasteiger partial charge in [0.15, 0.2) is 0 Å². The first-order valence-electron chi connectivity index (χ1n) is 5.76. The number of para-hydroxylation sites is 2. The van der Waals surface area contributed by atoms with Crippen molar-refractivity contribution in [3.63, 3.8) is 0 Å². The van der Waals surface area contributed by atoms with Crippen LogP contribution in [0.5, 0.6) is 0 Å².